The molecule has 1 aromatic heterocycles. The lowest BCUT2D eigenvalue weighted by Gasteiger charge is -2.13. The first-order valence-corrected chi connectivity index (χ1v) is 9.87. The van der Waals surface area contributed by atoms with E-state index < -0.39 is 0 Å². The molecule has 0 aliphatic carbocycles. The molecule has 0 aliphatic heterocycles. The van der Waals surface area contributed by atoms with Crippen LogP contribution in [0.25, 0.3) is 33.9 Å². The number of H-pyrrole nitrogens is 1. The van der Waals surface area contributed by atoms with E-state index in [4.69, 9.17) is 4.98 Å². The Kier molecular flexibility index (Phi) is 5.19. The minimum Gasteiger partial charge on any atom is -0.508 e. The van der Waals surface area contributed by atoms with E-state index in [9.17, 15) is 5.11 Å². The molecule has 0 radical (unpaired) electrons. The zero-order valence-electron chi connectivity index (χ0n) is 17.7. The van der Waals surface area contributed by atoms with Gasteiger partial charge in [0.05, 0.1) is 11.4 Å². The average molecular weight is 399 g/mol. The molecule has 0 fully saturated rings. The molecule has 0 saturated heterocycles. The van der Waals surface area contributed by atoms with Gasteiger partial charge in [0, 0.05) is 56.3 Å². The Morgan fingerprint density at radius 3 is 1.60 bits per heavy atom. The number of nitrogens with zero attached hydrogens (tertiary/aromatic N) is 3. The zero-order chi connectivity index (χ0) is 21.3. The van der Waals surface area contributed by atoms with Gasteiger partial charge in [-0.15, -0.1) is 0 Å². The number of nitrogens with one attached hydrogen (secondary N) is 1. The van der Waals surface area contributed by atoms with Crippen molar-refractivity contribution in [3.8, 4) is 39.7 Å². The second kappa shape index (κ2) is 7.95. The van der Waals surface area contributed by atoms with Crippen LogP contribution in [0.3, 0.4) is 0 Å². The molecule has 0 unspecified atom stereocenters. The van der Waals surface area contributed by atoms with Crippen LogP contribution in [0, 0.1) is 0 Å². The minimum atomic E-state index is 0.240. The van der Waals surface area contributed by atoms with Crippen molar-refractivity contribution in [1.82, 2.24) is 9.97 Å². The SMILES string of the molecule is CN(C)c1ccc(-c2nc(-c3ccc(O)cc3)[nH]c2-c2ccc(N(C)C)cc2)cc1. The molecular weight excluding hydrogens is 372 g/mol. The lowest BCUT2D eigenvalue weighted by Crippen LogP contribution is -2.08. The molecule has 0 spiro atoms. The van der Waals surface area contributed by atoms with Crippen molar-refractivity contribution >= 4 is 11.4 Å². The molecule has 152 valence electrons. The van der Waals surface area contributed by atoms with Gasteiger partial charge in [0.2, 0.25) is 0 Å². The van der Waals surface area contributed by atoms with Gasteiger partial charge in [0.15, 0.2) is 0 Å². The molecule has 5 nitrogen and oxygen atoms in total. The maximum absolute atomic E-state index is 9.62. The van der Waals surface area contributed by atoms with E-state index in [0.29, 0.717) is 0 Å². The van der Waals surface area contributed by atoms with Gasteiger partial charge < -0.3 is 19.9 Å². The summed E-state index contributed by atoms with van der Waals surface area (Å²) in [4.78, 5) is 12.6. The topological polar surface area (TPSA) is 55.4 Å². The molecule has 0 bridgehead atoms. The third-order valence-electron chi connectivity index (χ3n) is 5.17. The van der Waals surface area contributed by atoms with Crippen LogP contribution in [0.5, 0.6) is 5.75 Å². The molecule has 4 rings (SSSR count). The van der Waals surface area contributed by atoms with Gasteiger partial charge in [-0.25, -0.2) is 4.98 Å². The molecule has 4 aromatic rings. The first-order chi connectivity index (χ1) is 14.4. The van der Waals surface area contributed by atoms with E-state index in [1.807, 2.05) is 40.3 Å². The summed E-state index contributed by atoms with van der Waals surface area (Å²) in [5.74, 6) is 1.01. The maximum Gasteiger partial charge on any atom is 0.138 e. The molecule has 0 saturated carbocycles. The molecule has 5 heteroatoms. The lowest BCUT2D eigenvalue weighted by molar-refractivity contribution is 0.475. The molecule has 0 amide bonds. The van der Waals surface area contributed by atoms with Crippen molar-refractivity contribution in [2.45, 2.75) is 0 Å². The fraction of sp³-hybridized carbons (Fsp3) is 0.160. The number of benzene rings is 3. The van der Waals surface area contributed by atoms with E-state index in [2.05, 4.69) is 63.3 Å². The molecule has 2 N–H and O–H groups in total. The monoisotopic (exact) mass is 398 g/mol. The van der Waals surface area contributed by atoms with E-state index >= 15 is 0 Å². The second-order valence-corrected chi connectivity index (χ2v) is 7.74. The first-order valence-electron chi connectivity index (χ1n) is 9.87. The standard InChI is InChI=1S/C25H26N4O/c1-28(2)20-11-5-17(6-12-20)23-24(18-7-13-21(14-8-18)29(3)4)27-25(26-23)19-9-15-22(30)16-10-19/h5-16,30H,1-4H3,(H,26,27). The summed E-state index contributed by atoms with van der Waals surface area (Å²) in [6.07, 6.45) is 0. The van der Waals surface area contributed by atoms with Crippen LogP contribution in [-0.2, 0) is 0 Å². The van der Waals surface area contributed by atoms with Crippen LogP contribution in [0.2, 0.25) is 0 Å². The summed E-state index contributed by atoms with van der Waals surface area (Å²) in [7, 11) is 8.13. The summed E-state index contributed by atoms with van der Waals surface area (Å²) < 4.78 is 0. The lowest BCUT2D eigenvalue weighted by atomic mass is 10.0. The molecule has 1 heterocycles. The highest BCUT2D eigenvalue weighted by Crippen LogP contribution is 2.34. The third-order valence-corrected chi connectivity index (χ3v) is 5.17. The van der Waals surface area contributed by atoms with Crippen LogP contribution in [0.15, 0.2) is 72.8 Å². The maximum atomic E-state index is 9.62. The van der Waals surface area contributed by atoms with E-state index in [1.165, 1.54) is 0 Å². The third kappa shape index (κ3) is 3.87. The van der Waals surface area contributed by atoms with E-state index in [0.717, 1.165) is 45.3 Å². The van der Waals surface area contributed by atoms with Gasteiger partial charge in [0.1, 0.15) is 11.6 Å². The number of phenols is 1. The Labute approximate surface area is 177 Å². The van der Waals surface area contributed by atoms with Crippen LogP contribution < -0.4 is 9.80 Å². The number of rotatable bonds is 5. The number of aromatic hydroxyl groups is 1. The summed E-state index contributed by atoms with van der Waals surface area (Å²) in [5, 5.41) is 9.62. The summed E-state index contributed by atoms with van der Waals surface area (Å²) in [6.45, 7) is 0. The summed E-state index contributed by atoms with van der Waals surface area (Å²) in [5.41, 5.74) is 7.22. The number of imidazole rings is 1. The molecule has 0 atom stereocenters. The number of aromatic amines is 1. The number of aromatic nitrogens is 2. The Bertz CT molecular complexity index is 1060. The predicted octanol–water partition coefficient (Wildman–Crippen LogP) is 5.25. The predicted molar refractivity (Wildman–Crippen MR) is 125 cm³/mol. The Morgan fingerprint density at radius 1 is 0.633 bits per heavy atom. The van der Waals surface area contributed by atoms with E-state index in [1.54, 1.807) is 12.1 Å². The van der Waals surface area contributed by atoms with Crippen molar-refractivity contribution in [2.75, 3.05) is 38.0 Å². The molecule has 3 aromatic carbocycles. The number of phenolic OH excluding ortho intramolecular Hbond substituents is 1. The number of hydrogen-bond acceptors (Lipinski definition) is 4. The van der Waals surface area contributed by atoms with Crippen molar-refractivity contribution in [3.05, 3.63) is 72.8 Å². The van der Waals surface area contributed by atoms with Gasteiger partial charge in [-0.3, -0.25) is 0 Å². The van der Waals surface area contributed by atoms with Crippen molar-refractivity contribution in [3.63, 3.8) is 0 Å². The number of anilines is 2. The normalized spacial score (nSPS) is 10.8. The van der Waals surface area contributed by atoms with Crippen molar-refractivity contribution in [1.29, 1.82) is 0 Å². The highest BCUT2D eigenvalue weighted by atomic mass is 16.3. The van der Waals surface area contributed by atoms with Crippen molar-refractivity contribution < 1.29 is 5.11 Å². The average Bonchev–Trinajstić information content (AvgIpc) is 3.20. The van der Waals surface area contributed by atoms with Gasteiger partial charge >= 0.3 is 0 Å². The fourth-order valence-electron chi connectivity index (χ4n) is 3.39. The van der Waals surface area contributed by atoms with Gasteiger partial charge in [-0.05, 0) is 48.5 Å². The zero-order valence-corrected chi connectivity index (χ0v) is 17.7. The molecular formula is C25H26N4O. The van der Waals surface area contributed by atoms with Gasteiger partial charge in [-0.2, -0.15) is 0 Å². The fourth-order valence-corrected chi connectivity index (χ4v) is 3.39. The van der Waals surface area contributed by atoms with Crippen LogP contribution in [-0.4, -0.2) is 43.3 Å². The minimum absolute atomic E-state index is 0.240. The molecule has 30 heavy (non-hydrogen) atoms. The summed E-state index contributed by atoms with van der Waals surface area (Å²) >= 11 is 0. The number of hydrogen-bond donors (Lipinski definition) is 2. The first kappa shape index (κ1) is 19.6. The van der Waals surface area contributed by atoms with Crippen LogP contribution in [0.4, 0.5) is 11.4 Å². The highest BCUT2D eigenvalue weighted by molar-refractivity contribution is 5.82. The van der Waals surface area contributed by atoms with E-state index in [-0.39, 0.29) is 5.75 Å². The quantitative estimate of drug-likeness (QED) is 0.482. The molecule has 0 aliphatic rings. The second-order valence-electron chi connectivity index (χ2n) is 7.74. The van der Waals surface area contributed by atoms with Gasteiger partial charge in [-0.1, -0.05) is 24.3 Å². The Hall–Kier alpha value is -3.73. The Balaban J connectivity index is 1.83. The van der Waals surface area contributed by atoms with Gasteiger partial charge in [0.25, 0.3) is 0 Å². The highest BCUT2D eigenvalue weighted by Gasteiger charge is 2.16. The largest absolute Gasteiger partial charge is 0.508 e. The van der Waals surface area contributed by atoms with Crippen molar-refractivity contribution in [2.24, 2.45) is 0 Å². The smallest absolute Gasteiger partial charge is 0.138 e. The van der Waals surface area contributed by atoms with Crippen LogP contribution >= 0.6 is 0 Å². The Morgan fingerprint density at radius 2 is 1.10 bits per heavy atom. The summed E-state index contributed by atoms with van der Waals surface area (Å²) in [6, 6.07) is 23.9. The van der Waals surface area contributed by atoms with Crippen LogP contribution in [0.1, 0.15) is 0 Å².